The van der Waals surface area contributed by atoms with Gasteiger partial charge in [-0.3, -0.25) is 0 Å². The van der Waals surface area contributed by atoms with Crippen LogP contribution in [0.2, 0.25) is 0 Å². The number of benzene rings is 1. The van der Waals surface area contributed by atoms with Crippen LogP contribution in [0.3, 0.4) is 0 Å². The first-order chi connectivity index (χ1) is 8.84. The van der Waals surface area contributed by atoms with Gasteiger partial charge < -0.3 is 9.15 Å². The molecule has 0 amide bonds. The van der Waals surface area contributed by atoms with Crippen LogP contribution in [0.1, 0.15) is 23.0 Å². The Kier molecular flexibility index (Phi) is 3.34. The number of esters is 1. The molecule has 0 radical (unpaired) electrons. The number of primary sulfonamides is 1. The molecule has 0 bridgehead atoms. The average Bonchev–Trinajstić information content (AvgIpc) is 2.66. The van der Waals surface area contributed by atoms with Gasteiger partial charge in [0.2, 0.25) is 15.8 Å². The van der Waals surface area contributed by atoms with Crippen molar-refractivity contribution in [2.24, 2.45) is 5.14 Å². The van der Waals surface area contributed by atoms with Crippen molar-refractivity contribution >= 4 is 27.0 Å². The van der Waals surface area contributed by atoms with E-state index in [9.17, 15) is 13.2 Å². The molecule has 0 atom stereocenters. The molecule has 0 fully saturated rings. The molecule has 1 aromatic heterocycles. The van der Waals surface area contributed by atoms with Gasteiger partial charge in [-0.05, 0) is 32.0 Å². The van der Waals surface area contributed by atoms with Crippen LogP contribution in [0.25, 0.3) is 11.0 Å². The van der Waals surface area contributed by atoms with Gasteiger partial charge in [0.25, 0.3) is 0 Å². The first-order valence-electron chi connectivity index (χ1n) is 5.57. The standard InChI is InChI=1S/C12H13NO5S/c1-3-17-12(14)11-7(2)9-6-8(19(13,15)16)4-5-10(9)18-11/h4-6H,3H2,1-2H3,(H2,13,15,16). The summed E-state index contributed by atoms with van der Waals surface area (Å²) in [5, 5.41) is 5.58. The van der Waals surface area contributed by atoms with Crippen LogP contribution >= 0.6 is 0 Å². The van der Waals surface area contributed by atoms with Gasteiger partial charge in [0, 0.05) is 10.9 Å². The highest BCUT2D eigenvalue weighted by Gasteiger charge is 2.20. The Hall–Kier alpha value is -1.86. The third kappa shape index (κ3) is 2.47. The number of hydrogen-bond donors (Lipinski definition) is 1. The third-order valence-electron chi connectivity index (χ3n) is 2.70. The Bertz CT molecular complexity index is 745. The highest BCUT2D eigenvalue weighted by atomic mass is 32.2. The maximum Gasteiger partial charge on any atom is 0.374 e. The predicted molar refractivity (Wildman–Crippen MR) is 68.3 cm³/mol. The highest BCUT2D eigenvalue weighted by molar-refractivity contribution is 7.89. The van der Waals surface area contributed by atoms with Gasteiger partial charge in [-0.1, -0.05) is 0 Å². The molecule has 102 valence electrons. The van der Waals surface area contributed by atoms with Crippen molar-refractivity contribution in [3.8, 4) is 0 Å². The number of nitrogens with two attached hydrogens (primary N) is 1. The zero-order valence-electron chi connectivity index (χ0n) is 10.5. The van der Waals surface area contributed by atoms with Crippen molar-refractivity contribution in [1.82, 2.24) is 0 Å². The fourth-order valence-corrected chi connectivity index (χ4v) is 2.31. The molecule has 2 rings (SSSR count). The second-order valence-electron chi connectivity index (χ2n) is 3.98. The van der Waals surface area contributed by atoms with E-state index >= 15 is 0 Å². The summed E-state index contributed by atoms with van der Waals surface area (Å²) >= 11 is 0. The quantitative estimate of drug-likeness (QED) is 0.862. The van der Waals surface area contributed by atoms with Gasteiger partial charge in [0.05, 0.1) is 11.5 Å². The fourth-order valence-electron chi connectivity index (χ4n) is 1.77. The third-order valence-corrected chi connectivity index (χ3v) is 3.61. The van der Waals surface area contributed by atoms with Gasteiger partial charge in [-0.2, -0.15) is 0 Å². The van der Waals surface area contributed by atoms with Crippen molar-refractivity contribution < 1.29 is 22.4 Å². The maximum absolute atomic E-state index is 11.7. The van der Waals surface area contributed by atoms with Gasteiger partial charge >= 0.3 is 5.97 Å². The molecule has 0 unspecified atom stereocenters. The molecule has 0 aliphatic carbocycles. The lowest BCUT2D eigenvalue weighted by Gasteiger charge is -1.98. The van der Waals surface area contributed by atoms with E-state index in [1.165, 1.54) is 18.2 Å². The molecule has 1 heterocycles. The van der Waals surface area contributed by atoms with Crippen LogP contribution in [0.5, 0.6) is 0 Å². The number of aryl methyl sites for hydroxylation is 1. The van der Waals surface area contributed by atoms with E-state index < -0.39 is 16.0 Å². The number of sulfonamides is 1. The van der Waals surface area contributed by atoms with Crippen LogP contribution in [0.15, 0.2) is 27.5 Å². The summed E-state index contributed by atoms with van der Waals surface area (Å²) in [6, 6.07) is 4.17. The molecule has 2 N–H and O–H groups in total. The number of hydrogen-bond acceptors (Lipinski definition) is 5. The molecule has 1 aromatic carbocycles. The minimum Gasteiger partial charge on any atom is -0.460 e. The fraction of sp³-hybridized carbons (Fsp3) is 0.250. The topological polar surface area (TPSA) is 99.6 Å². The van der Waals surface area contributed by atoms with Gasteiger partial charge in [0.15, 0.2) is 0 Å². The Morgan fingerprint density at radius 2 is 2.11 bits per heavy atom. The average molecular weight is 283 g/mol. The van der Waals surface area contributed by atoms with E-state index in [2.05, 4.69) is 0 Å². The minimum atomic E-state index is -3.79. The zero-order valence-corrected chi connectivity index (χ0v) is 11.3. The van der Waals surface area contributed by atoms with E-state index in [0.717, 1.165) is 0 Å². The summed E-state index contributed by atoms with van der Waals surface area (Å²) in [7, 11) is -3.79. The van der Waals surface area contributed by atoms with Crippen molar-refractivity contribution in [3.05, 3.63) is 29.5 Å². The number of carbonyl (C=O) groups is 1. The summed E-state index contributed by atoms with van der Waals surface area (Å²) in [6.45, 7) is 3.58. The summed E-state index contributed by atoms with van der Waals surface area (Å²) in [5.41, 5.74) is 0.937. The van der Waals surface area contributed by atoms with Crippen LogP contribution in [-0.2, 0) is 14.8 Å². The monoisotopic (exact) mass is 283 g/mol. The number of carbonyl (C=O) groups excluding carboxylic acids is 1. The lowest BCUT2D eigenvalue weighted by atomic mass is 10.1. The lowest BCUT2D eigenvalue weighted by molar-refractivity contribution is 0.0491. The minimum absolute atomic E-state index is 0.0284. The van der Waals surface area contributed by atoms with E-state index in [0.29, 0.717) is 16.5 Å². The Labute approximate surface area is 110 Å². The first kappa shape index (κ1) is 13.6. The predicted octanol–water partition coefficient (Wildman–Crippen LogP) is 1.57. The number of fused-ring (bicyclic) bond motifs is 1. The summed E-state index contributed by atoms with van der Waals surface area (Å²) in [5.74, 6) is -0.503. The normalized spacial score (nSPS) is 11.7. The molecule has 19 heavy (non-hydrogen) atoms. The Balaban J connectivity index is 2.62. The van der Waals surface area contributed by atoms with Crippen LogP contribution < -0.4 is 5.14 Å². The molecule has 2 aromatic rings. The van der Waals surface area contributed by atoms with E-state index in [1.54, 1.807) is 13.8 Å². The number of furan rings is 1. The molecule has 7 heteroatoms. The molecule has 0 saturated heterocycles. The Morgan fingerprint density at radius 1 is 1.42 bits per heavy atom. The van der Waals surface area contributed by atoms with Gasteiger partial charge in [-0.15, -0.1) is 0 Å². The smallest absolute Gasteiger partial charge is 0.374 e. The molecule has 6 nitrogen and oxygen atoms in total. The van der Waals surface area contributed by atoms with E-state index in [1.807, 2.05) is 0 Å². The van der Waals surface area contributed by atoms with Crippen LogP contribution in [0.4, 0.5) is 0 Å². The van der Waals surface area contributed by atoms with Crippen LogP contribution in [-0.4, -0.2) is 21.0 Å². The van der Waals surface area contributed by atoms with Crippen molar-refractivity contribution in [1.29, 1.82) is 0 Å². The van der Waals surface area contributed by atoms with E-state index in [-0.39, 0.29) is 17.3 Å². The Morgan fingerprint density at radius 3 is 2.68 bits per heavy atom. The molecule has 0 aliphatic heterocycles. The second-order valence-corrected chi connectivity index (χ2v) is 5.54. The molecular formula is C12H13NO5S. The first-order valence-corrected chi connectivity index (χ1v) is 7.12. The summed E-state index contributed by atoms with van der Waals surface area (Å²) in [4.78, 5) is 11.6. The van der Waals surface area contributed by atoms with Gasteiger partial charge in [0.1, 0.15) is 5.58 Å². The molecular weight excluding hydrogens is 270 g/mol. The summed E-state index contributed by atoms with van der Waals surface area (Å²) < 4.78 is 32.8. The highest BCUT2D eigenvalue weighted by Crippen LogP contribution is 2.27. The van der Waals surface area contributed by atoms with E-state index in [4.69, 9.17) is 14.3 Å². The SMILES string of the molecule is CCOC(=O)c1oc2ccc(S(N)(=O)=O)cc2c1C. The van der Waals surface area contributed by atoms with Crippen molar-refractivity contribution in [3.63, 3.8) is 0 Å². The van der Waals surface area contributed by atoms with Gasteiger partial charge in [-0.25, -0.2) is 18.4 Å². The lowest BCUT2D eigenvalue weighted by Crippen LogP contribution is -2.11. The second kappa shape index (κ2) is 4.67. The molecule has 0 aliphatic rings. The van der Waals surface area contributed by atoms with Crippen molar-refractivity contribution in [2.75, 3.05) is 6.61 Å². The number of ether oxygens (including phenoxy) is 1. The largest absolute Gasteiger partial charge is 0.460 e. The number of rotatable bonds is 3. The maximum atomic E-state index is 11.7. The summed E-state index contributed by atoms with van der Waals surface area (Å²) in [6.07, 6.45) is 0. The van der Waals surface area contributed by atoms with Crippen LogP contribution in [0, 0.1) is 6.92 Å². The molecule has 0 spiro atoms. The molecule has 0 saturated carbocycles. The zero-order chi connectivity index (χ0) is 14.2. The van der Waals surface area contributed by atoms with Crippen molar-refractivity contribution in [2.45, 2.75) is 18.7 Å².